The third-order valence-electron chi connectivity index (χ3n) is 6.41. The number of hydrogen-bond donors (Lipinski definition) is 4. The molecule has 0 spiro atoms. The first-order valence-electron chi connectivity index (χ1n) is 11.8. The standard InChI is InChI=1S/C23H30N6O4S/c1-2-10-34-23-25-21(24-15-11-14(15)13-6-4-3-5-7-13)18-22(26-23)29(28-27-18)16-12-17(33-9-8-30)20(32)19(16)31/h3-7,14-17,19-20,30-32H,2,8-12H2,1H3,(H,24,25,26). The van der Waals surface area contributed by atoms with Crippen molar-refractivity contribution in [3.05, 3.63) is 35.9 Å². The van der Waals surface area contributed by atoms with Crippen LogP contribution in [0.5, 0.6) is 0 Å². The number of thioether (sulfide) groups is 1. The lowest BCUT2D eigenvalue weighted by Crippen LogP contribution is -2.33. The molecule has 2 saturated carbocycles. The molecule has 10 nitrogen and oxygen atoms in total. The molecule has 0 aliphatic heterocycles. The maximum Gasteiger partial charge on any atom is 0.191 e. The molecule has 0 bridgehead atoms. The number of ether oxygens (including phenoxy) is 1. The second kappa shape index (κ2) is 10.1. The number of anilines is 1. The number of fused-ring (bicyclic) bond motifs is 1. The first-order chi connectivity index (χ1) is 16.6. The highest BCUT2D eigenvalue weighted by Crippen LogP contribution is 2.43. The molecule has 2 aliphatic rings. The highest BCUT2D eigenvalue weighted by Gasteiger charge is 2.45. The van der Waals surface area contributed by atoms with Gasteiger partial charge in [-0.05, 0) is 18.4 Å². The van der Waals surface area contributed by atoms with Crippen LogP contribution >= 0.6 is 11.8 Å². The van der Waals surface area contributed by atoms with Crippen molar-refractivity contribution in [1.82, 2.24) is 25.0 Å². The van der Waals surface area contributed by atoms with Crippen LogP contribution in [0.1, 0.15) is 43.7 Å². The maximum atomic E-state index is 10.7. The highest BCUT2D eigenvalue weighted by molar-refractivity contribution is 7.99. The fraction of sp³-hybridized carbons (Fsp3) is 0.565. The molecular formula is C23H30N6O4S. The first kappa shape index (κ1) is 23.4. The molecule has 4 N–H and O–H groups in total. The molecule has 0 amide bonds. The number of aliphatic hydroxyl groups is 3. The van der Waals surface area contributed by atoms with Crippen LogP contribution in [0.15, 0.2) is 35.5 Å². The molecule has 2 aliphatic carbocycles. The van der Waals surface area contributed by atoms with E-state index in [2.05, 4.69) is 46.8 Å². The molecule has 2 aromatic heterocycles. The van der Waals surface area contributed by atoms with Gasteiger partial charge in [0, 0.05) is 24.1 Å². The van der Waals surface area contributed by atoms with Crippen molar-refractivity contribution in [3.8, 4) is 0 Å². The monoisotopic (exact) mass is 486 g/mol. The zero-order chi connectivity index (χ0) is 23.7. The Morgan fingerprint density at radius 2 is 1.97 bits per heavy atom. The van der Waals surface area contributed by atoms with E-state index in [1.807, 2.05) is 6.07 Å². The van der Waals surface area contributed by atoms with Crippen molar-refractivity contribution in [2.24, 2.45) is 0 Å². The molecule has 182 valence electrons. The Bertz CT molecular complexity index is 1120. The van der Waals surface area contributed by atoms with Crippen molar-refractivity contribution in [3.63, 3.8) is 0 Å². The number of hydrogen-bond acceptors (Lipinski definition) is 10. The van der Waals surface area contributed by atoms with Gasteiger partial charge >= 0.3 is 0 Å². The van der Waals surface area contributed by atoms with Gasteiger partial charge in [-0.15, -0.1) is 5.10 Å². The Kier molecular flexibility index (Phi) is 6.98. The summed E-state index contributed by atoms with van der Waals surface area (Å²) in [6.45, 7) is 2.05. The molecule has 3 aromatic rings. The number of nitrogens with one attached hydrogen (secondary N) is 1. The molecule has 6 unspecified atom stereocenters. The number of benzene rings is 1. The fourth-order valence-electron chi connectivity index (χ4n) is 4.57. The summed E-state index contributed by atoms with van der Waals surface area (Å²) in [6, 6.07) is 10.1. The van der Waals surface area contributed by atoms with Crippen molar-refractivity contribution in [2.75, 3.05) is 24.3 Å². The number of aromatic nitrogens is 5. The van der Waals surface area contributed by atoms with Crippen LogP contribution in [0.3, 0.4) is 0 Å². The topological polar surface area (TPSA) is 138 Å². The Hall–Kier alpha value is -2.31. The lowest BCUT2D eigenvalue weighted by atomic mass is 10.1. The van der Waals surface area contributed by atoms with Crippen LogP contribution in [0.2, 0.25) is 0 Å². The van der Waals surface area contributed by atoms with Crippen molar-refractivity contribution >= 4 is 28.7 Å². The van der Waals surface area contributed by atoms with E-state index >= 15 is 0 Å². The van der Waals surface area contributed by atoms with Gasteiger partial charge in [0.1, 0.15) is 12.2 Å². The van der Waals surface area contributed by atoms with Crippen LogP contribution in [-0.2, 0) is 4.74 Å². The summed E-state index contributed by atoms with van der Waals surface area (Å²) in [4.78, 5) is 9.44. The molecule has 0 radical (unpaired) electrons. The minimum Gasteiger partial charge on any atom is -0.394 e. The summed E-state index contributed by atoms with van der Waals surface area (Å²) >= 11 is 1.57. The van der Waals surface area contributed by atoms with Crippen LogP contribution in [-0.4, -0.2) is 83.6 Å². The van der Waals surface area contributed by atoms with E-state index < -0.39 is 24.4 Å². The minimum absolute atomic E-state index is 0.0945. The molecule has 0 saturated heterocycles. The molecular weight excluding hydrogens is 456 g/mol. The minimum atomic E-state index is -1.09. The average molecular weight is 487 g/mol. The van der Waals surface area contributed by atoms with Crippen molar-refractivity contribution < 1.29 is 20.1 Å². The summed E-state index contributed by atoms with van der Waals surface area (Å²) in [7, 11) is 0. The second-order valence-electron chi connectivity index (χ2n) is 8.83. The quantitative estimate of drug-likeness (QED) is 0.248. The van der Waals surface area contributed by atoms with Gasteiger partial charge in [0.25, 0.3) is 0 Å². The Balaban J connectivity index is 1.43. The molecule has 1 aromatic carbocycles. The van der Waals surface area contributed by atoms with Gasteiger partial charge in [0.05, 0.1) is 25.4 Å². The maximum absolute atomic E-state index is 10.7. The van der Waals surface area contributed by atoms with Gasteiger partial charge in [-0.1, -0.05) is 54.2 Å². The molecule has 11 heteroatoms. The lowest BCUT2D eigenvalue weighted by molar-refractivity contribution is -0.0629. The Morgan fingerprint density at radius 1 is 1.15 bits per heavy atom. The summed E-state index contributed by atoms with van der Waals surface area (Å²) in [5.74, 6) is 1.94. The zero-order valence-corrected chi connectivity index (χ0v) is 19.8. The summed E-state index contributed by atoms with van der Waals surface area (Å²) in [6.07, 6.45) is -0.428. The summed E-state index contributed by atoms with van der Waals surface area (Å²) in [5.41, 5.74) is 2.36. The lowest BCUT2D eigenvalue weighted by Gasteiger charge is -2.17. The Morgan fingerprint density at radius 3 is 2.74 bits per heavy atom. The van der Waals surface area contributed by atoms with E-state index in [9.17, 15) is 10.2 Å². The smallest absolute Gasteiger partial charge is 0.191 e. The van der Waals surface area contributed by atoms with Gasteiger partial charge in [-0.3, -0.25) is 0 Å². The van der Waals surface area contributed by atoms with E-state index in [4.69, 9.17) is 19.8 Å². The fourth-order valence-corrected chi connectivity index (χ4v) is 5.26. The largest absolute Gasteiger partial charge is 0.394 e. The summed E-state index contributed by atoms with van der Waals surface area (Å²) < 4.78 is 7.10. The number of aliphatic hydroxyl groups excluding tert-OH is 3. The molecule has 5 rings (SSSR count). The normalized spacial score (nSPS) is 28.5. The predicted octanol–water partition coefficient (Wildman–Crippen LogP) is 1.74. The van der Waals surface area contributed by atoms with Gasteiger partial charge in [-0.2, -0.15) is 0 Å². The van der Waals surface area contributed by atoms with Gasteiger partial charge in [-0.25, -0.2) is 14.6 Å². The van der Waals surface area contributed by atoms with Crippen molar-refractivity contribution in [1.29, 1.82) is 0 Å². The first-order valence-corrected chi connectivity index (χ1v) is 12.7. The van der Waals surface area contributed by atoms with Crippen LogP contribution in [0, 0.1) is 0 Å². The third kappa shape index (κ3) is 4.63. The van der Waals surface area contributed by atoms with Gasteiger partial charge < -0.3 is 25.4 Å². The number of nitrogens with zero attached hydrogens (tertiary/aromatic N) is 5. The van der Waals surface area contributed by atoms with Gasteiger partial charge in [0.15, 0.2) is 22.1 Å². The SMILES string of the molecule is CCCSc1nc(NC2CC2c2ccccc2)c2nnn(C3CC(OCCO)C(O)C3O)c2n1. The van der Waals surface area contributed by atoms with Crippen LogP contribution in [0.4, 0.5) is 5.82 Å². The van der Waals surface area contributed by atoms with Crippen LogP contribution in [0.25, 0.3) is 11.2 Å². The van der Waals surface area contributed by atoms with E-state index in [-0.39, 0.29) is 19.3 Å². The summed E-state index contributed by atoms with van der Waals surface area (Å²) in [5, 5.41) is 43.0. The molecule has 2 heterocycles. The molecule has 34 heavy (non-hydrogen) atoms. The van der Waals surface area contributed by atoms with E-state index in [1.54, 1.807) is 16.4 Å². The van der Waals surface area contributed by atoms with Crippen molar-refractivity contribution in [2.45, 2.75) is 67.7 Å². The van der Waals surface area contributed by atoms with Gasteiger partial charge in [0.2, 0.25) is 0 Å². The molecule has 6 atom stereocenters. The molecule has 2 fully saturated rings. The van der Waals surface area contributed by atoms with Crippen LogP contribution < -0.4 is 5.32 Å². The zero-order valence-electron chi connectivity index (χ0n) is 19.0. The van der Waals surface area contributed by atoms with E-state index in [1.165, 1.54) is 5.56 Å². The number of rotatable bonds is 10. The Labute approximate surface area is 201 Å². The average Bonchev–Trinajstić information content (AvgIpc) is 3.41. The predicted molar refractivity (Wildman–Crippen MR) is 128 cm³/mol. The van der Waals surface area contributed by atoms with E-state index in [0.29, 0.717) is 34.5 Å². The van der Waals surface area contributed by atoms with E-state index in [0.717, 1.165) is 18.6 Å². The third-order valence-corrected chi connectivity index (χ3v) is 7.47. The second-order valence-corrected chi connectivity index (χ2v) is 9.89. The highest BCUT2D eigenvalue weighted by atomic mass is 32.2.